The summed E-state index contributed by atoms with van der Waals surface area (Å²) in [5.74, 6) is 0.616. The lowest BCUT2D eigenvalue weighted by Gasteiger charge is -2.29. The largest absolute Gasteiger partial charge is 0.507 e. The van der Waals surface area contributed by atoms with Gasteiger partial charge in [-0.25, -0.2) is 4.39 Å². The Balaban J connectivity index is 1.58. The summed E-state index contributed by atoms with van der Waals surface area (Å²) in [4.78, 5) is 4.29. The standard InChI is InChI=1S/C27H29FN2O2S/c1-29-24(11-7-6-8-19-12-14-20(28)15-13-19)26(23-17-16-22(32-2)18-25(23)31)30(27(29)33)21-9-4-3-5-10-21/h3-5,9-10,12-18,24,26,31H,6-8,11H2,1-2H3/t24-,26-/m1/s1. The zero-order valence-electron chi connectivity index (χ0n) is 18.9. The fourth-order valence-corrected chi connectivity index (χ4v) is 4.96. The first-order chi connectivity index (χ1) is 16.0. The minimum absolute atomic E-state index is 0.102. The number of para-hydroxylation sites is 1. The van der Waals surface area contributed by atoms with Crippen LogP contribution in [0.2, 0.25) is 0 Å². The van der Waals surface area contributed by atoms with E-state index in [0.29, 0.717) is 5.75 Å². The molecule has 0 unspecified atom stereocenters. The van der Waals surface area contributed by atoms with Crippen molar-refractivity contribution < 1.29 is 14.2 Å². The predicted octanol–water partition coefficient (Wildman–Crippen LogP) is 6.10. The molecule has 0 amide bonds. The van der Waals surface area contributed by atoms with Crippen molar-refractivity contribution in [2.24, 2.45) is 0 Å². The molecule has 172 valence electrons. The second-order valence-electron chi connectivity index (χ2n) is 8.41. The molecule has 1 heterocycles. The average molecular weight is 465 g/mol. The minimum Gasteiger partial charge on any atom is -0.507 e. The zero-order chi connectivity index (χ0) is 23.4. The van der Waals surface area contributed by atoms with E-state index in [1.807, 2.05) is 61.6 Å². The second kappa shape index (κ2) is 10.2. The molecule has 0 saturated carbocycles. The van der Waals surface area contributed by atoms with Gasteiger partial charge in [0.15, 0.2) is 5.11 Å². The van der Waals surface area contributed by atoms with E-state index in [2.05, 4.69) is 9.80 Å². The number of phenolic OH excluding ortho intramolecular Hbond substituents is 1. The number of anilines is 1. The van der Waals surface area contributed by atoms with E-state index in [4.69, 9.17) is 17.0 Å². The lowest BCUT2D eigenvalue weighted by atomic mass is 9.93. The fourth-order valence-electron chi connectivity index (χ4n) is 4.61. The molecule has 4 rings (SSSR count). The first-order valence-electron chi connectivity index (χ1n) is 11.2. The molecule has 0 bridgehead atoms. The Labute approximate surface area is 200 Å². The number of halogens is 1. The number of unbranched alkanes of at least 4 members (excludes halogenated alkanes) is 1. The summed E-state index contributed by atoms with van der Waals surface area (Å²) in [7, 11) is 3.62. The third-order valence-corrected chi connectivity index (χ3v) is 6.85. The van der Waals surface area contributed by atoms with Gasteiger partial charge in [0, 0.05) is 24.4 Å². The molecule has 3 aromatic carbocycles. The third-order valence-electron chi connectivity index (χ3n) is 6.37. The number of hydrogen-bond donors (Lipinski definition) is 1. The quantitative estimate of drug-likeness (QED) is 0.322. The van der Waals surface area contributed by atoms with Gasteiger partial charge in [0.1, 0.15) is 17.3 Å². The van der Waals surface area contributed by atoms with Crippen molar-refractivity contribution in [2.45, 2.75) is 37.8 Å². The van der Waals surface area contributed by atoms with Crippen LogP contribution in [0.1, 0.15) is 36.4 Å². The van der Waals surface area contributed by atoms with Gasteiger partial charge in [-0.1, -0.05) is 36.8 Å². The van der Waals surface area contributed by atoms with Gasteiger partial charge in [-0.15, -0.1) is 0 Å². The number of nitrogens with zero attached hydrogens (tertiary/aromatic N) is 2. The summed E-state index contributed by atoms with van der Waals surface area (Å²) >= 11 is 5.87. The monoisotopic (exact) mass is 464 g/mol. The van der Waals surface area contributed by atoms with E-state index < -0.39 is 0 Å². The minimum atomic E-state index is -0.206. The fraction of sp³-hybridized carbons (Fsp3) is 0.296. The number of hydrogen-bond acceptors (Lipinski definition) is 3. The maximum absolute atomic E-state index is 13.2. The molecule has 1 fully saturated rings. The van der Waals surface area contributed by atoms with Gasteiger partial charge < -0.3 is 19.6 Å². The van der Waals surface area contributed by atoms with Crippen molar-refractivity contribution in [3.8, 4) is 11.5 Å². The molecular weight excluding hydrogens is 435 g/mol. The molecule has 6 heteroatoms. The summed E-state index contributed by atoms with van der Waals surface area (Å²) < 4.78 is 18.5. The molecular formula is C27H29FN2O2S. The van der Waals surface area contributed by atoms with Gasteiger partial charge in [0.05, 0.1) is 19.2 Å². The normalized spacial score (nSPS) is 18.1. The Morgan fingerprint density at radius 1 is 1.00 bits per heavy atom. The molecule has 3 aromatic rings. The van der Waals surface area contributed by atoms with Crippen molar-refractivity contribution in [3.63, 3.8) is 0 Å². The summed E-state index contributed by atoms with van der Waals surface area (Å²) in [6.45, 7) is 0. The van der Waals surface area contributed by atoms with E-state index in [9.17, 15) is 9.50 Å². The highest BCUT2D eigenvalue weighted by Gasteiger charge is 2.43. The number of likely N-dealkylation sites (N-methyl/N-ethyl adjacent to an activating group) is 1. The van der Waals surface area contributed by atoms with Gasteiger partial charge in [-0.2, -0.15) is 0 Å². The van der Waals surface area contributed by atoms with Crippen LogP contribution < -0.4 is 9.64 Å². The molecule has 0 radical (unpaired) electrons. The van der Waals surface area contributed by atoms with Gasteiger partial charge in [-0.3, -0.25) is 0 Å². The molecule has 2 atom stereocenters. The predicted molar refractivity (Wildman–Crippen MR) is 134 cm³/mol. The van der Waals surface area contributed by atoms with Crippen LogP contribution in [-0.2, 0) is 6.42 Å². The van der Waals surface area contributed by atoms with Crippen molar-refractivity contribution in [2.75, 3.05) is 19.1 Å². The van der Waals surface area contributed by atoms with Gasteiger partial charge in [0.25, 0.3) is 0 Å². The van der Waals surface area contributed by atoms with Gasteiger partial charge in [-0.05, 0) is 73.4 Å². The van der Waals surface area contributed by atoms with E-state index in [1.54, 1.807) is 13.2 Å². The van der Waals surface area contributed by atoms with Crippen LogP contribution in [-0.4, -0.2) is 35.3 Å². The molecule has 1 aliphatic rings. The average Bonchev–Trinajstić information content (AvgIpc) is 3.08. The number of aryl methyl sites for hydroxylation is 1. The van der Waals surface area contributed by atoms with Gasteiger partial charge >= 0.3 is 0 Å². The second-order valence-corrected chi connectivity index (χ2v) is 8.77. The van der Waals surface area contributed by atoms with Crippen molar-refractivity contribution in [1.29, 1.82) is 0 Å². The lowest BCUT2D eigenvalue weighted by molar-refractivity contribution is 0.330. The number of thiocarbonyl (C=S) groups is 1. The number of methoxy groups -OCH3 is 1. The SMILES string of the molecule is COc1ccc([C@@H]2[C@@H](CCCCc3ccc(F)cc3)N(C)C(=S)N2c2ccccc2)c(O)c1. The first-order valence-corrected chi connectivity index (χ1v) is 11.6. The van der Waals surface area contributed by atoms with Crippen LogP contribution >= 0.6 is 12.2 Å². The summed E-state index contributed by atoms with van der Waals surface area (Å²) in [6, 6.07) is 22.2. The van der Waals surface area contributed by atoms with E-state index in [-0.39, 0.29) is 23.7 Å². The highest BCUT2D eigenvalue weighted by molar-refractivity contribution is 7.80. The third kappa shape index (κ3) is 4.96. The smallest absolute Gasteiger partial charge is 0.176 e. The lowest BCUT2D eigenvalue weighted by Crippen LogP contribution is -2.30. The Morgan fingerprint density at radius 3 is 2.39 bits per heavy atom. The number of benzene rings is 3. The Bertz CT molecular complexity index is 1090. The zero-order valence-corrected chi connectivity index (χ0v) is 19.8. The van der Waals surface area contributed by atoms with Crippen LogP contribution in [0.25, 0.3) is 0 Å². The summed E-state index contributed by atoms with van der Waals surface area (Å²) in [6.07, 6.45) is 3.81. The number of aromatic hydroxyl groups is 1. The topological polar surface area (TPSA) is 35.9 Å². The first kappa shape index (κ1) is 23.1. The molecule has 0 aromatic heterocycles. The number of phenols is 1. The highest BCUT2D eigenvalue weighted by atomic mass is 32.1. The van der Waals surface area contributed by atoms with Crippen LogP contribution in [0.4, 0.5) is 10.1 Å². The molecule has 0 spiro atoms. The Morgan fingerprint density at radius 2 is 1.73 bits per heavy atom. The Kier molecular flexibility index (Phi) is 7.14. The maximum Gasteiger partial charge on any atom is 0.176 e. The van der Waals surface area contributed by atoms with Crippen LogP contribution in [0.3, 0.4) is 0 Å². The molecule has 4 nitrogen and oxygen atoms in total. The van der Waals surface area contributed by atoms with Crippen LogP contribution in [0.15, 0.2) is 72.8 Å². The van der Waals surface area contributed by atoms with Crippen molar-refractivity contribution in [1.82, 2.24) is 4.90 Å². The van der Waals surface area contributed by atoms with Crippen molar-refractivity contribution >= 4 is 23.0 Å². The number of rotatable bonds is 8. The van der Waals surface area contributed by atoms with Gasteiger partial charge in [0.2, 0.25) is 0 Å². The molecule has 1 aliphatic heterocycles. The maximum atomic E-state index is 13.2. The summed E-state index contributed by atoms with van der Waals surface area (Å²) in [5, 5.41) is 11.6. The van der Waals surface area contributed by atoms with Crippen LogP contribution in [0.5, 0.6) is 11.5 Å². The van der Waals surface area contributed by atoms with E-state index in [1.165, 1.54) is 12.1 Å². The molecule has 1 N–H and O–H groups in total. The summed E-state index contributed by atoms with van der Waals surface area (Å²) in [5.41, 5.74) is 2.97. The molecule has 1 saturated heterocycles. The molecule has 0 aliphatic carbocycles. The van der Waals surface area contributed by atoms with E-state index in [0.717, 1.165) is 47.6 Å². The van der Waals surface area contributed by atoms with Crippen LogP contribution in [0, 0.1) is 5.82 Å². The van der Waals surface area contributed by atoms with E-state index >= 15 is 0 Å². The highest BCUT2D eigenvalue weighted by Crippen LogP contribution is 2.44. The number of ether oxygens (including phenoxy) is 1. The van der Waals surface area contributed by atoms with Crippen molar-refractivity contribution in [3.05, 3.63) is 89.7 Å². The molecule has 33 heavy (non-hydrogen) atoms. The Hall–Kier alpha value is -3.12.